The number of aromatic nitrogens is 1. The van der Waals surface area contributed by atoms with Gasteiger partial charge in [-0.3, -0.25) is 0 Å². The van der Waals surface area contributed by atoms with Crippen LogP contribution in [-0.2, 0) is 0 Å². The number of hydrogen-bond donors (Lipinski definition) is 0. The van der Waals surface area contributed by atoms with Gasteiger partial charge in [-0.25, -0.2) is 0 Å². The third-order valence-electron chi connectivity index (χ3n) is 7.01. The Labute approximate surface area is 205 Å². The highest BCUT2D eigenvalue weighted by Gasteiger charge is 2.21. The minimum atomic E-state index is 0.938. The second-order valence-electron chi connectivity index (χ2n) is 8.96. The van der Waals surface area contributed by atoms with Gasteiger partial charge >= 0.3 is 0 Å². The van der Waals surface area contributed by atoms with Crippen molar-refractivity contribution in [2.24, 2.45) is 0 Å². The summed E-state index contributed by atoms with van der Waals surface area (Å²) in [5, 5.41) is 4.90. The Morgan fingerprint density at radius 1 is 0.543 bits per heavy atom. The molecule has 35 heavy (non-hydrogen) atoms. The van der Waals surface area contributed by atoms with Crippen LogP contribution in [0.15, 0.2) is 120 Å². The number of thiophene rings is 1. The third kappa shape index (κ3) is 2.64. The predicted molar refractivity (Wildman–Crippen MR) is 149 cm³/mol. The summed E-state index contributed by atoms with van der Waals surface area (Å²) in [6.45, 7) is 0. The van der Waals surface area contributed by atoms with Crippen LogP contribution in [0.4, 0.5) is 0 Å². The maximum Gasteiger partial charge on any atom is 0.161 e. The van der Waals surface area contributed by atoms with Crippen LogP contribution in [0.3, 0.4) is 0 Å². The molecule has 0 N–H and O–H groups in total. The molecule has 0 amide bonds. The van der Waals surface area contributed by atoms with Gasteiger partial charge in [0, 0.05) is 42.2 Å². The topological polar surface area (TPSA) is 18.1 Å². The highest BCUT2D eigenvalue weighted by atomic mass is 32.1. The Hall–Kier alpha value is -4.34. The van der Waals surface area contributed by atoms with Gasteiger partial charge in [-0.2, -0.15) is 0 Å². The van der Waals surface area contributed by atoms with Crippen LogP contribution in [-0.4, -0.2) is 4.57 Å². The van der Waals surface area contributed by atoms with Crippen LogP contribution in [0.1, 0.15) is 0 Å². The quantitative estimate of drug-likeness (QED) is 0.248. The van der Waals surface area contributed by atoms with E-state index >= 15 is 0 Å². The van der Waals surface area contributed by atoms with E-state index < -0.39 is 0 Å². The summed E-state index contributed by atoms with van der Waals surface area (Å²) in [5.41, 5.74) is 7.61. The summed E-state index contributed by atoms with van der Waals surface area (Å²) in [6, 6.07) is 41.0. The van der Waals surface area contributed by atoms with E-state index in [1.165, 1.54) is 25.7 Å². The van der Waals surface area contributed by atoms with Gasteiger partial charge in [0.1, 0.15) is 11.1 Å². The van der Waals surface area contributed by atoms with Crippen LogP contribution in [0.5, 0.6) is 0 Å². The SMILES string of the molecule is c1ccc(-n2c3ccccc3c3oc4c(-c5ccc6c(c5)sc5ccccc56)cccc4c32)cc1. The first kappa shape index (κ1) is 19.0. The molecule has 0 saturated carbocycles. The summed E-state index contributed by atoms with van der Waals surface area (Å²) in [6.07, 6.45) is 0. The Balaban J connectivity index is 1.44. The summed E-state index contributed by atoms with van der Waals surface area (Å²) in [7, 11) is 0. The molecule has 5 aromatic carbocycles. The molecule has 0 aliphatic carbocycles. The van der Waals surface area contributed by atoms with Crippen molar-refractivity contribution in [1.82, 2.24) is 4.57 Å². The highest BCUT2D eigenvalue weighted by Crippen LogP contribution is 2.43. The van der Waals surface area contributed by atoms with Crippen LogP contribution in [0.25, 0.3) is 70.0 Å². The zero-order valence-corrected chi connectivity index (χ0v) is 19.5. The van der Waals surface area contributed by atoms with E-state index in [0.717, 1.165) is 44.2 Å². The fourth-order valence-electron chi connectivity index (χ4n) is 5.46. The highest BCUT2D eigenvalue weighted by molar-refractivity contribution is 7.25. The smallest absolute Gasteiger partial charge is 0.161 e. The van der Waals surface area contributed by atoms with Crippen LogP contribution >= 0.6 is 11.3 Å². The minimum Gasteiger partial charge on any atom is -0.453 e. The monoisotopic (exact) mass is 465 g/mol. The van der Waals surface area contributed by atoms with Gasteiger partial charge in [-0.15, -0.1) is 11.3 Å². The summed E-state index contributed by atoms with van der Waals surface area (Å²) >= 11 is 1.85. The Bertz CT molecular complexity index is 2060. The van der Waals surface area contributed by atoms with E-state index in [0.29, 0.717) is 0 Å². The van der Waals surface area contributed by atoms with Crippen molar-refractivity contribution in [3.8, 4) is 16.8 Å². The molecule has 0 atom stereocenters. The van der Waals surface area contributed by atoms with E-state index in [4.69, 9.17) is 4.42 Å². The maximum atomic E-state index is 6.71. The summed E-state index contributed by atoms with van der Waals surface area (Å²) < 4.78 is 11.7. The third-order valence-corrected chi connectivity index (χ3v) is 8.14. The van der Waals surface area contributed by atoms with Gasteiger partial charge in [0.15, 0.2) is 5.58 Å². The average molecular weight is 466 g/mol. The summed E-state index contributed by atoms with van der Waals surface area (Å²) in [5.74, 6) is 0. The molecule has 3 heterocycles. The number of nitrogens with zero attached hydrogens (tertiary/aromatic N) is 1. The van der Waals surface area contributed by atoms with Crippen LogP contribution in [0.2, 0.25) is 0 Å². The van der Waals surface area contributed by atoms with Crippen molar-refractivity contribution in [1.29, 1.82) is 0 Å². The Kier molecular flexibility index (Phi) is 3.85. The molecular weight excluding hydrogens is 446 g/mol. The lowest BCUT2D eigenvalue weighted by Gasteiger charge is -2.08. The lowest BCUT2D eigenvalue weighted by atomic mass is 10.0. The molecule has 8 aromatic rings. The van der Waals surface area contributed by atoms with E-state index in [1.54, 1.807) is 0 Å². The van der Waals surface area contributed by atoms with Crippen molar-refractivity contribution in [2.45, 2.75) is 0 Å². The first-order chi connectivity index (χ1) is 17.4. The van der Waals surface area contributed by atoms with Gasteiger partial charge in [-0.1, -0.05) is 72.8 Å². The van der Waals surface area contributed by atoms with Crippen molar-refractivity contribution < 1.29 is 4.42 Å². The van der Waals surface area contributed by atoms with E-state index in [1.807, 2.05) is 11.3 Å². The second-order valence-corrected chi connectivity index (χ2v) is 10.0. The van der Waals surface area contributed by atoms with Gasteiger partial charge in [0.25, 0.3) is 0 Å². The maximum absolute atomic E-state index is 6.71. The van der Waals surface area contributed by atoms with E-state index in [9.17, 15) is 0 Å². The summed E-state index contributed by atoms with van der Waals surface area (Å²) in [4.78, 5) is 0. The fraction of sp³-hybridized carbons (Fsp3) is 0. The standard InChI is InChI=1S/C32H19NOS/c1-2-9-21(10-3-1)33-27-15-6-4-12-25(27)32-30(33)26-14-8-13-22(31(26)34-32)20-17-18-24-23-11-5-7-16-28(23)35-29(24)19-20/h1-19H. The first-order valence-electron chi connectivity index (χ1n) is 11.8. The normalized spacial score (nSPS) is 12.0. The van der Waals surface area contributed by atoms with Gasteiger partial charge in [-0.05, 0) is 48.0 Å². The molecule has 0 aliphatic heterocycles. The molecule has 0 spiro atoms. The average Bonchev–Trinajstić information content (AvgIpc) is 3.57. The molecule has 0 saturated heterocycles. The number of para-hydroxylation sites is 3. The van der Waals surface area contributed by atoms with Crippen LogP contribution < -0.4 is 0 Å². The first-order valence-corrected chi connectivity index (χ1v) is 12.6. The zero-order valence-electron chi connectivity index (χ0n) is 18.7. The Morgan fingerprint density at radius 2 is 1.29 bits per heavy atom. The van der Waals surface area contributed by atoms with Crippen molar-refractivity contribution >= 4 is 64.5 Å². The van der Waals surface area contributed by atoms with Crippen LogP contribution in [0, 0.1) is 0 Å². The molecule has 2 nitrogen and oxygen atoms in total. The molecular formula is C32H19NOS. The zero-order chi connectivity index (χ0) is 22.9. The predicted octanol–water partition coefficient (Wildman–Crippen LogP) is 9.56. The van der Waals surface area contributed by atoms with Gasteiger partial charge < -0.3 is 8.98 Å². The van der Waals surface area contributed by atoms with E-state index in [2.05, 4.69) is 120 Å². The molecule has 3 heteroatoms. The molecule has 3 aromatic heterocycles. The fourth-order valence-corrected chi connectivity index (χ4v) is 6.60. The van der Waals surface area contributed by atoms with E-state index in [-0.39, 0.29) is 0 Å². The number of hydrogen-bond acceptors (Lipinski definition) is 2. The molecule has 164 valence electrons. The molecule has 0 bridgehead atoms. The number of furan rings is 1. The second kappa shape index (κ2) is 7.08. The van der Waals surface area contributed by atoms with Crippen molar-refractivity contribution in [3.05, 3.63) is 115 Å². The van der Waals surface area contributed by atoms with Gasteiger partial charge in [0.05, 0.1) is 5.52 Å². The molecule has 8 rings (SSSR count). The van der Waals surface area contributed by atoms with Gasteiger partial charge in [0.2, 0.25) is 0 Å². The lowest BCUT2D eigenvalue weighted by molar-refractivity contribution is 0.674. The molecule has 0 aliphatic rings. The lowest BCUT2D eigenvalue weighted by Crippen LogP contribution is -1.92. The number of benzene rings is 5. The van der Waals surface area contributed by atoms with Crippen molar-refractivity contribution in [2.75, 3.05) is 0 Å². The Morgan fingerprint density at radius 3 is 2.20 bits per heavy atom. The molecule has 0 unspecified atom stereocenters. The number of rotatable bonds is 2. The molecule has 0 radical (unpaired) electrons. The minimum absolute atomic E-state index is 0.938. The van der Waals surface area contributed by atoms with Crippen molar-refractivity contribution in [3.63, 3.8) is 0 Å². The largest absolute Gasteiger partial charge is 0.453 e. The molecule has 0 fully saturated rings. The number of fused-ring (bicyclic) bond motifs is 8.